The van der Waals surface area contributed by atoms with E-state index in [1.54, 1.807) is 12.4 Å². The molecule has 4 nitrogen and oxygen atoms in total. The van der Waals surface area contributed by atoms with Crippen LogP contribution < -0.4 is 4.74 Å². The first-order valence-electron chi connectivity index (χ1n) is 6.71. The maximum absolute atomic E-state index is 5.84. The van der Waals surface area contributed by atoms with Gasteiger partial charge in [-0.05, 0) is 43.7 Å². The van der Waals surface area contributed by atoms with Crippen molar-refractivity contribution >= 4 is 0 Å². The van der Waals surface area contributed by atoms with Gasteiger partial charge in [0.25, 0.3) is 0 Å². The fourth-order valence-corrected chi connectivity index (χ4v) is 2.02. The largest absolute Gasteiger partial charge is 0.439 e. The SMILES string of the molecule is Cc1cccc(Oc2cc(C)nc(-c3ccncc3)n2)c1. The molecule has 0 aliphatic rings. The second kappa shape index (κ2) is 5.71. The molecule has 0 atom stereocenters. The molecule has 104 valence electrons. The number of rotatable bonds is 3. The predicted octanol–water partition coefficient (Wildman–Crippen LogP) is 3.95. The monoisotopic (exact) mass is 277 g/mol. The summed E-state index contributed by atoms with van der Waals surface area (Å²) in [6, 6.07) is 13.5. The highest BCUT2D eigenvalue weighted by Gasteiger charge is 2.06. The van der Waals surface area contributed by atoms with E-state index < -0.39 is 0 Å². The summed E-state index contributed by atoms with van der Waals surface area (Å²) in [5.41, 5.74) is 2.93. The molecule has 21 heavy (non-hydrogen) atoms. The molecule has 0 aliphatic heterocycles. The topological polar surface area (TPSA) is 47.9 Å². The number of benzene rings is 1. The molecule has 0 saturated heterocycles. The van der Waals surface area contributed by atoms with Gasteiger partial charge < -0.3 is 4.74 Å². The van der Waals surface area contributed by atoms with E-state index in [1.807, 2.05) is 56.3 Å². The van der Waals surface area contributed by atoms with Gasteiger partial charge in [0.1, 0.15) is 5.75 Å². The van der Waals surface area contributed by atoms with Gasteiger partial charge in [-0.15, -0.1) is 0 Å². The third kappa shape index (κ3) is 3.23. The summed E-state index contributed by atoms with van der Waals surface area (Å²) >= 11 is 0. The van der Waals surface area contributed by atoms with Crippen LogP contribution in [-0.4, -0.2) is 15.0 Å². The highest BCUT2D eigenvalue weighted by molar-refractivity contribution is 5.54. The summed E-state index contributed by atoms with van der Waals surface area (Å²) in [6.07, 6.45) is 3.45. The van der Waals surface area contributed by atoms with Gasteiger partial charge in [-0.1, -0.05) is 12.1 Å². The molecule has 0 aliphatic carbocycles. The van der Waals surface area contributed by atoms with Crippen LogP contribution in [0.4, 0.5) is 0 Å². The summed E-state index contributed by atoms with van der Waals surface area (Å²) in [6.45, 7) is 3.95. The molecule has 0 fully saturated rings. The third-order valence-corrected chi connectivity index (χ3v) is 2.98. The number of nitrogens with zero attached hydrogens (tertiary/aromatic N) is 3. The quantitative estimate of drug-likeness (QED) is 0.727. The lowest BCUT2D eigenvalue weighted by molar-refractivity contribution is 0.461. The number of hydrogen-bond donors (Lipinski definition) is 0. The molecule has 3 rings (SSSR count). The molecule has 0 amide bonds. The van der Waals surface area contributed by atoms with Crippen molar-refractivity contribution in [3.05, 3.63) is 66.1 Å². The van der Waals surface area contributed by atoms with E-state index in [-0.39, 0.29) is 0 Å². The van der Waals surface area contributed by atoms with Crippen LogP contribution in [-0.2, 0) is 0 Å². The lowest BCUT2D eigenvalue weighted by Gasteiger charge is -2.08. The van der Waals surface area contributed by atoms with Gasteiger partial charge in [0, 0.05) is 29.7 Å². The van der Waals surface area contributed by atoms with Gasteiger partial charge >= 0.3 is 0 Å². The van der Waals surface area contributed by atoms with E-state index in [4.69, 9.17) is 4.74 Å². The molecule has 0 saturated carbocycles. The molecule has 0 bridgehead atoms. The van der Waals surface area contributed by atoms with Gasteiger partial charge in [-0.25, -0.2) is 4.98 Å². The van der Waals surface area contributed by atoms with E-state index in [9.17, 15) is 0 Å². The Bertz CT molecular complexity index is 757. The minimum Gasteiger partial charge on any atom is -0.439 e. The van der Waals surface area contributed by atoms with Crippen LogP contribution in [0.3, 0.4) is 0 Å². The lowest BCUT2D eigenvalue weighted by Crippen LogP contribution is -1.96. The maximum atomic E-state index is 5.84. The first kappa shape index (κ1) is 13.2. The Labute approximate surface area is 123 Å². The molecule has 0 radical (unpaired) electrons. The fraction of sp³-hybridized carbons (Fsp3) is 0.118. The Hall–Kier alpha value is -2.75. The van der Waals surface area contributed by atoms with Crippen LogP contribution in [0.1, 0.15) is 11.3 Å². The summed E-state index contributed by atoms with van der Waals surface area (Å²) in [5.74, 6) is 1.95. The van der Waals surface area contributed by atoms with Crippen molar-refractivity contribution in [1.82, 2.24) is 15.0 Å². The van der Waals surface area contributed by atoms with Gasteiger partial charge in [0.2, 0.25) is 5.88 Å². The van der Waals surface area contributed by atoms with E-state index in [0.29, 0.717) is 11.7 Å². The zero-order chi connectivity index (χ0) is 14.7. The van der Waals surface area contributed by atoms with E-state index >= 15 is 0 Å². The molecule has 0 unspecified atom stereocenters. The molecule has 4 heteroatoms. The van der Waals surface area contributed by atoms with Crippen molar-refractivity contribution in [1.29, 1.82) is 0 Å². The van der Waals surface area contributed by atoms with E-state index in [1.165, 1.54) is 0 Å². The van der Waals surface area contributed by atoms with Crippen molar-refractivity contribution in [2.75, 3.05) is 0 Å². The predicted molar refractivity (Wildman–Crippen MR) is 81.3 cm³/mol. The Balaban J connectivity index is 1.95. The van der Waals surface area contributed by atoms with Crippen LogP contribution in [0.25, 0.3) is 11.4 Å². The van der Waals surface area contributed by atoms with Gasteiger partial charge in [-0.3, -0.25) is 4.98 Å². The number of aryl methyl sites for hydroxylation is 2. The first-order chi connectivity index (χ1) is 10.2. The number of aromatic nitrogens is 3. The minimum absolute atomic E-state index is 0.542. The Kier molecular flexibility index (Phi) is 3.60. The molecule has 2 heterocycles. The number of ether oxygens (including phenoxy) is 1. The summed E-state index contributed by atoms with van der Waals surface area (Å²) in [7, 11) is 0. The Morgan fingerprint density at radius 1 is 0.905 bits per heavy atom. The highest BCUT2D eigenvalue weighted by atomic mass is 16.5. The van der Waals surface area contributed by atoms with Crippen LogP contribution >= 0.6 is 0 Å². The fourth-order valence-electron chi connectivity index (χ4n) is 2.02. The zero-order valence-electron chi connectivity index (χ0n) is 11.9. The van der Waals surface area contributed by atoms with Crippen molar-refractivity contribution in [3.63, 3.8) is 0 Å². The van der Waals surface area contributed by atoms with Crippen molar-refractivity contribution < 1.29 is 4.74 Å². The Morgan fingerprint density at radius 3 is 2.48 bits per heavy atom. The maximum Gasteiger partial charge on any atom is 0.223 e. The molecule has 0 spiro atoms. The van der Waals surface area contributed by atoms with Crippen molar-refractivity contribution in [2.45, 2.75) is 13.8 Å². The smallest absolute Gasteiger partial charge is 0.223 e. The van der Waals surface area contributed by atoms with E-state index in [0.717, 1.165) is 22.6 Å². The molecule has 1 aromatic carbocycles. The van der Waals surface area contributed by atoms with Gasteiger partial charge in [-0.2, -0.15) is 4.98 Å². The van der Waals surface area contributed by atoms with Gasteiger partial charge in [0.05, 0.1) is 0 Å². The van der Waals surface area contributed by atoms with Crippen LogP contribution in [0.15, 0.2) is 54.9 Å². The lowest BCUT2D eigenvalue weighted by atomic mass is 10.2. The molecular formula is C17H15N3O. The normalized spacial score (nSPS) is 10.4. The molecular weight excluding hydrogens is 262 g/mol. The number of hydrogen-bond acceptors (Lipinski definition) is 4. The second-order valence-corrected chi connectivity index (χ2v) is 4.83. The summed E-state index contributed by atoms with van der Waals surface area (Å²) < 4.78 is 5.84. The number of pyridine rings is 1. The second-order valence-electron chi connectivity index (χ2n) is 4.83. The summed E-state index contributed by atoms with van der Waals surface area (Å²) in [4.78, 5) is 12.9. The van der Waals surface area contributed by atoms with Crippen molar-refractivity contribution in [2.24, 2.45) is 0 Å². The van der Waals surface area contributed by atoms with Crippen LogP contribution in [0.2, 0.25) is 0 Å². The first-order valence-corrected chi connectivity index (χ1v) is 6.71. The molecule has 3 aromatic rings. The molecule has 2 aromatic heterocycles. The standard InChI is InChI=1S/C17H15N3O/c1-12-4-3-5-15(10-12)21-16-11-13(2)19-17(20-16)14-6-8-18-9-7-14/h3-11H,1-2H3. The zero-order valence-corrected chi connectivity index (χ0v) is 11.9. The average molecular weight is 277 g/mol. The van der Waals surface area contributed by atoms with Gasteiger partial charge in [0.15, 0.2) is 5.82 Å². The Morgan fingerprint density at radius 2 is 1.71 bits per heavy atom. The molecule has 0 N–H and O–H groups in total. The van der Waals surface area contributed by atoms with E-state index in [2.05, 4.69) is 15.0 Å². The third-order valence-electron chi connectivity index (χ3n) is 2.98. The minimum atomic E-state index is 0.542. The van der Waals surface area contributed by atoms with Crippen LogP contribution in [0.5, 0.6) is 11.6 Å². The summed E-state index contributed by atoms with van der Waals surface area (Å²) in [5, 5.41) is 0. The van der Waals surface area contributed by atoms with Crippen LogP contribution in [0, 0.1) is 13.8 Å². The average Bonchev–Trinajstić information content (AvgIpc) is 2.47. The highest BCUT2D eigenvalue weighted by Crippen LogP contribution is 2.23. The van der Waals surface area contributed by atoms with Crippen molar-refractivity contribution in [3.8, 4) is 23.0 Å².